The Hall–Kier alpha value is -1.12. The highest BCUT2D eigenvalue weighted by Crippen LogP contribution is 2.22. The molecule has 0 bridgehead atoms. The molecule has 0 aromatic rings. The molecular formula is C12H18O3. The predicted octanol–water partition coefficient (Wildman–Crippen LogP) is 2.25. The van der Waals surface area contributed by atoms with Crippen LogP contribution in [0.4, 0.5) is 0 Å². The highest BCUT2D eigenvalue weighted by atomic mass is 16.6. The summed E-state index contributed by atoms with van der Waals surface area (Å²) in [6.45, 7) is 7.38. The Morgan fingerprint density at radius 3 is 2.60 bits per heavy atom. The van der Waals surface area contributed by atoms with E-state index in [0.717, 1.165) is 6.42 Å². The van der Waals surface area contributed by atoms with Crippen LogP contribution in [0.5, 0.6) is 0 Å². The number of ketones is 1. The molecule has 15 heavy (non-hydrogen) atoms. The summed E-state index contributed by atoms with van der Waals surface area (Å²) in [5, 5.41) is 0. The molecule has 1 rings (SSSR count). The van der Waals surface area contributed by atoms with Crippen molar-refractivity contribution in [3.05, 3.63) is 11.6 Å². The number of rotatable bonds is 1. The quantitative estimate of drug-likeness (QED) is 0.492. The van der Waals surface area contributed by atoms with Crippen LogP contribution >= 0.6 is 0 Å². The molecule has 3 nitrogen and oxygen atoms in total. The molecule has 0 heterocycles. The molecule has 0 saturated heterocycles. The first-order chi connectivity index (χ1) is 6.79. The molecule has 0 aromatic heterocycles. The van der Waals surface area contributed by atoms with Gasteiger partial charge in [0.2, 0.25) is 0 Å². The van der Waals surface area contributed by atoms with E-state index in [2.05, 4.69) is 0 Å². The fourth-order valence-corrected chi connectivity index (χ4v) is 1.47. The maximum absolute atomic E-state index is 11.7. The van der Waals surface area contributed by atoms with Crippen LogP contribution in [0.1, 0.15) is 40.5 Å². The molecule has 0 unspecified atom stereocenters. The summed E-state index contributed by atoms with van der Waals surface area (Å²) in [5.74, 6) is -0.299. The molecule has 0 saturated carbocycles. The van der Waals surface area contributed by atoms with Gasteiger partial charge < -0.3 is 4.74 Å². The molecule has 0 N–H and O–H groups in total. The Morgan fingerprint density at radius 2 is 2.07 bits per heavy atom. The van der Waals surface area contributed by atoms with E-state index in [-0.39, 0.29) is 17.3 Å². The van der Waals surface area contributed by atoms with E-state index < -0.39 is 11.6 Å². The van der Waals surface area contributed by atoms with Crippen molar-refractivity contribution in [1.29, 1.82) is 0 Å². The zero-order valence-corrected chi connectivity index (χ0v) is 9.79. The SMILES string of the molecule is C[C@@H]1C=C(C(=O)OC(C)(C)C)C(=O)CC1. The van der Waals surface area contributed by atoms with Gasteiger partial charge in [-0.3, -0.25) is 4.79 Å². The molecule has 0 fully saturated rings. The lowest BCUT2D eigenvalue weighted by Gasteiger charge is -2.22. The highest BCUT2D eigenvalue weighted by Gasteiger charge is 2.27. The summed E-state index contributed by atoms with van der Waals surface area (Å²) in [6.07, 6.45) is 3.00. The molecule has 1 aliphatic carbocycles. The Bertz CT molecular complexity index is 307. The van der Waals surface area contributed by atoms with Crippen LogP contribution in [0.25, 0.3) is 0 Å². The topological polar surface area (TPSA) is 43.4 Å². The molecule has 3 heteroatoms. The average Bonchev–Trinajstić information content (AvgIpc) is 2.06. The van der Waals surface area contributed by atoms with Crippen molar-refractivity contribution in [2.45, 2.75) is 46.1 Å². The van der Waals surface area contributed by atoms with Crippen molar-refractivity contribution < 1.29 is 14.3 Å². The van der Waals surface area contributed by atoms with Gasteiger partial charge in [0.25, 0.3) is 0 Å². The molecule has 0 amide bonds. The zero-order chi connectivity index (χ0) is 11.6. The second-order valence-corrected chi connectivity index (χ2v) is 5.02. The van der Waals surface area contributed by atoms with Crippen molar-refractivity contribution in [2.75, 3.05) is 0 Å². The molecule has 1 atom stereocenters. The van der Waals surface area contributed by atoms with Crippen LogP contribution in [0.15, 0.2) is 11.6 Å². The number of hydrogen-bond donors (Lipinski definition) is 0. The number of allylic oxidation sites excluding steroid dienone is 1. The summed E-state index contributed by atoms with van der Waals surface area (Å²) in [6, 6.07) is 0. The summed E-state index contributed by atoms with van der Waals surface area (Å²) in [4.78, 5) is 23.2. The van der Waals surface area contributed by atoms with Gasteiger partial charge in [-0.1, -0.05) is 13.0 Å². The fourth-order valence-electron chi connectivity index (χ4n) is 1.47. The Morgan fingerprint density at radius 1 is 1.47 bits per heavy atom. The van der Waals surface area contributed by atoms with Gasteiger partial charge >= 0.3 is 5.97 Å². The smallest absolute Gasteiger partial charge is 0.341 e. The second-order valence-electron chi connectivity index (χ2n) is 5.02. The lowest BCUT2D eigenvalue weighted by atomic mass is 9.91. The largest absolute Gasteiger partial charge is 0.456 e. The third-order valence-electron chi connectivity index (χ3n) is 2.20. The number of Topliss-reactive ketones (excluding diaryl/α,β-unsaturated/α-hetero) is 1. The number of esters is 1. The number of hydrogen-bond acceptors (Lipinski definition) is 3. The van der Waals surface area contributed by atoms with Crippen LogP contribution < -0.4 is 0 Å². The van der Waals surface area contributed by atoms with Gasteiger partial charge in [-0.05, 0) is 33.1 Å². The van der Waals surface area contributed by atoms with Gasteiger partial charge in [0, 0.05) is 6.42 Å². The van der Waals surface area contributed by atoms with Gasteiger partial charge in [-0.25, -0.2) is 4.79 Å². The lowest BCUT2D eigenvalue weighted by Crippen LogP contribution is -2.28. The van der Waals surface area contributed by atoms with E-state index >= 15 is 0 Å². The molecule has 0 aliphatic heterocycles. The first-order valence-corrected chi connectivity index (χ1v) is 5.28. The standard InChI is InChI=1S/C12H18O3/c1-8-5-6-10(13)9(7-8)11(14)15-12(2,3)4/h7-8H,5-6H2,1-4H3/t8-/m0/s1. The van der Waals surface area contributed by atoms with Gasteiger partial charge in [0.1, 0.15) is 5.60 Å². The van der Waals surface area contributed by atoms with Crippen LogP contribution in [0, 0.1) is 5.92 Å². The number of ether oxygens (including phenoxy) is 1. The van der Waals surface area contributed by atoms with E-state index in [1.165, 1.54) is 0 Å². The fraction of sp³-hybridized carbons (Fsp3) is 0.667. The molecule has 0 aromatic carbocycles. The molecular weight excluding hydrogens is 192 g/mol. The number of carbonyl (C=O) groups is 2. The van der Waals surface area contributed by atoms with Crippen LogP contribution in [0.3, 0.4) is 0 Å². The van der Waals surface area contributed by atoms with Gasteiger partial charge in [0.05, 0.1) is 5.57 Å². The normalized spacial score (nSPS) is 22.3. The summed E-state index contributed by atoms with van der Waals surface area (Å²) in [7, 11) is 0. The summed E-state index contributed by atoms with van der Waals surface area (Å²) >= 11 is 0. The summed E-state index contributed by atoms with van der Waals surface area (Å²) < 4.78 is 5.17. The first-order valence-electron chi connectivity index (χ1n) is 5.28. The van der Waals surface area contributed by atoms with Crippen LogP contribution in [-0.4, -0.2) is 17.4 Å². The van der Waals surface area contributed by atoms with Crippen molar-refractivity contribution in [1.82, 2.24) is 0 Å². The maximum Gasteiger partial charge on any atom is 0.341 e. The van der Waals surface area contributed by atoms with E-state index in [1.807, 2.05) is 6.92 Å². The van der Waals surface area contributed by atoms with Crippen molar-refractivity contribution in [3.63, 3.8) is 0 Å². The Kier molecular flexibility index (Phi) is 3.32. The van der Waals surface area contributed by atoms with Crippen LogP contribution in [-0.2, 0) is 14.3 Å². The van der Waals surface area contributed by atoms with E-state index in [0.29, 0.717) is 6.42 Å². The molecule has 0 spiro atoms. The molecule has 0 radical (unpaired) electrons. The van der Waals surface area contributed by atoms with Gasteiger partial charge in [0.15, 0.2) is 5.78 Å². The minimum absolute atomic E-state index is 0.0950. The lowest BCUT2D eigenvalue weighted by molar-refractivity contribution is -0.151. The zero-order valence-electron chi connectivity index (χ0n) is 9.79. The van der Waals surface area contributed by atoms with Crippen molar-refractivity contribution in [3.8, 4) is 0 Å². The minimum atomic E-state index is -0.543. The molecule has 84 valence electrons. The Labute approximate surface area is 90.5 Å². The molecule has 1 aliphatic rings. The third kappa shape index (κ3) is 3.50. The Balaban J connectivity index is 2.78. The highest BCUT2D eigenvalue weighted by molar-refractivity contribution is 6.17. The minimum Gasteiger partial charge on any atom is -0.456 e. The summed E-state index contributed by atoms with van der Waals surface area (Å²) in [5.41, 5.74) is -0.317. The van der Waals surface area contributed by atoms with E-state index in [4.69, 9.17) is 4.74 Å². The van der Waals surface area contributed by atoms with Gasteiger partial charge in [-0.15, -0.1) is 0 Å². The maximum atomic E-state index is 11.7. The second kappa shape index (κ2) is 4.17. The monoisotopic (exact) mass is 210 g/mol. The number of carbonyl (C=O) groups excluding carboxylic acids is 2. The van der Waals surface area contributed by atoms with Crippen molar-refractivity contribution in [2.24, 2.45) is 5.92 Å². The van der Waals surface area contributed by atoms with Gasteiger partial charge in [-0.2, -0.15) is 0 Å². The predicted molar refractivity (Wildman–Crippen MR) is 57.3 cm³/mol. The third-order valence-corrected chi connectivity index (χ3v) is 2.20. The van der Waals surface area contributed by atoms with E-state index in [9.17, 15) is 9.59 Å². The van der Waals surface area contributed by atoms with Crippen molar-refractivity contribution >= 4 is 11.8 Å². The van der Waals surface area contributed by atoms with E-state index in [1.54, 1.807) is 26.8 Å². The van der Waals surface area contributed by atoms with Crippen LogP contribution in [0.2, 0.25) is 0 Å². The first kappa shape index (κ1) is 12.0. The average molecular weight is 210 g/mol.